The van der Waals surface area contributed by atoms with Crippen molar-refractivity contribution in [2.24, 2.45) is 0 Å². The fourth-order valence-corrected chi connectivity index (χ4v) is 3.43. The molecule has 0 aliphatic rings. The van der Waals surface area contributed by atoms with Crippen LogP contribution >= 0.6 is 23.2 Å². The predicted molar refractivity (Wildman–Crippen MR) is 107 cm³/mol. The van der Waals surface area contributed by atoms with Gasteiger partial charge in [-0.25, -0.2) is 0 Å². The van der Waals surface area contributed by atoms with Gasteiger partial charge in [-0.15, -0.1) is 0 Å². The number of amides is 1. The highest BCUT2D eigenvalue weighted by atomic mass is 35.5. The summed E-state index contributed by atoms with van der Waals surface area (Å²) in [5.74, 6) is -0.116. The number of aromatic nitrogens is 2. The number of nitrogens with zero attached hydrogens (tertiary/aromatic N) is 1. The Hall–Kier alpha value is -2.56. The normalized spacial score (nSPS) is 11.2. The van der Waals surface area contributed by atoms with Crippen molar-refractivity contribution in [3.05, 3.63) is 70.5 Å². The number of benzene rings is 2. The highest BCUT2D eigenvalue weighted by Gasteiger charge is 2.09. The Bertz CT molecular complexity index is 1120. The molecule has 0 spiro atoms. The Morgan fingerprint density at radius 2 is 1.88 bits per heavy atom. The zero-order valence-electron chi connectivity index (χ0n) is 13.7. The van der Waals surface area contributed by atoms with Crippen LogP contribution in [0.1, 0.15) is 12.1 Å². The van der Waals surface area contributed by atoms with Gasteiger partial charge in [0.2, 0.25) is 5.91 Å². The molecule has 2 aromatic heterocycles. The Kier molecular flexibility index (Phi) is 4.53. The summed E-state index contributed by atoms with van der Waals surface area (Å²) in [4.78, 5) is 20.0. The fourth-order valence-electron chi connectivity index (χ4n) is 2.98. The van der Waals surface area contributed by atoms with E-state index in [1.807, 2.05) is 30.5 Å². The molecule has 2 N–H and O–H groups in total. The first-order valence-corrected chi connectivity index (χ1v) is 8.96. The number of aryl methyl sites for hydroxylation is 1. The summed E-state index contributed by atoms with van der Waals surface area (Å²) in [6.07, 6.45) is 2.69. The maximum atomic E-state index is 12.2. The quantitative estimate of drug-likeness (QED) is 0.482. The second-order valence-electron chi connectivity index (χ2n) is 6.06. The molecule has 0 aliphatic heterocycles. The van der Waals surface area contributed by atoms with Gasteiger partial charge in [-0.1, -0.05) is 41.4 Å². The first-order chi connectivity index (χ1) is 12.6. The minimum Gasteiger partial charge on any atom is -0.353 e. The molecule has 1 amide bonds. The van der Waals surface area contributed by atoms with Gasteiger partial charge >= 0.3 is 0 Å². The number of para-hydroxylation sites is 1. The predicted octanol–water partition coefficient (Wildman–Crippen LogP) is 5.59. The molecule has 2 aromatic carbocycles. The van der Waals surface area contributed by atoms with Crippen LogP contribution in [-0.2, 0) is 11.2 Å². The van der Waals surface area contributed by atoms with Crippen molar-refractivity contribution in [2.45, 2.75) is 12.8 Å². The number of hydrogen-bond acceptors (Lipinski definition) is 2. The third kappa shape index (κ3) is 3.39. The van der Waals surface area contributed by atoms with Crippen molar-refractivity contribution in [3.63, 3.8) is 0 Å². The van der Waals surface area contributed by atoms with E-state index in [0.717, 1.165) is 27.5 Å². The fraction of sp³-hybridized carbons (Fsp3) is 0.100. The maximum absolute atomic E-state index is 12.2. The van der Waals surface area contributed by atoms with E-state index in [0.29, 0.717) is 28.6 Å². The maximum Gasteiger partial charge on any atom is 0.224 e. The number of fused-ring (bicyclic) bond motifs is 3. The standard InChI is InChI=1S/C20H15Cl2N3O/c21-12-5-7-18(16(22)9-12)25-20(26)8-6-13-10-15-14-3-1-2-4-17(14)24-19(15)11-23-13/h1-5,7,9-11,24H,6,8H2,(H,25,26). The average molecular weight is 384 g/mol. The largest absolute Gasteiger partial charge is 0.353 e. The molecular formula is C20H15Cl2N3O. The molecule has 0 radical (unpaired) electrons. The summed E-state index contributed by atoms with van der Waals surface area (Å²) < 4.78 is 0. The molecule has 2 heterocycles. The monoisotopic (exact) mass is 383 g/mol. The summed E-state index contributed by atoms with van der Waals surface area (Å²) in [5.41, 5.74) is 3.50. The van der Waals surface area contributed by atoms with Gasteiger partial charge in [0, 0.05) is 33.4 Å². The molecule has 4 nitrogen and oxygen atoms in total. The van der Waals surface area contributed by atoms with Crippen molar-refractivity contribution in [1.82, 2.24) is 9.97 Å². The lowest BCUT2D eigenvalue weighted by Gasteiger charge is -2.07. The second kappa shape index (κ2) is 6.98. The number of rotatable bonds is 4. The number of pyridine rings is 1. The van der Waals surface area contributed by atoms with Gasteiger partial charge in [0.15, 0.2) is 0 Å². The summed E-state index contributed by atoms with van der Waals surface area (Å²) in [7, 11) is 0. The van der Waals surface area contributed by atoms with Crippen LogP contribution < -0.4 is 5.32 Å². The Morgan fingerprint density at radius 3 is 2.73 bits per heavy atom. The minimum atomic E-state index is -0.116. The molecule has 0 saturated heterocycles. The van der Waals surface area contributed by atoms with Crippen LogP contribution in [0, 0.1) is 0 Å². The third-order valence-electron chi connectivity index (χ3n) is 4.26. The number of aromatic amines is 1. The van der Waals surface area contributed by atoms with Crippen LogP contribution in [0.25, 0.3) is 21.8 Å². The third-order valence-corrected chi connectivity index (χ3v) is 4.81. The van der Waals surface area contributed by atoms with Crippen molar-refractivity contribution >= 4 is 56.6 Å². The van der Waals surface area contributed by atoms with Gasteiger partial charge in [-0.2, -0.15) is 0 Å². The molecule has 4 rings (SSSR count). The summed E-state index contributed by atoms with van der Waals surface area (Å²) in [5, 5.41) is 6.03. The van der Waals surface area contributed by atoms with E-state index in [9.17, 15) is 4.79 Å². The van der Waals surface area contributed by atoms with E-state index in [4.69, 9.17) is 23.2 Å². The number of carbonyl (C=O) groups excluding carboxylic acids is 1. The van der Waals surface area contributed by atoms with E-state index < -0.39 is 0 Å². The van der Waals surface area contributed by atoms with Gasteiger partial charge in [-0.3, -0.25) is 9.78 Å². The second-order valence-corrected chi connectivity index (χ2v) is 6.91. The smallest absolute Gasteiger partial charge is 0.224 e. The lowest BCUT2D eigenvalue weighted by atomic mass is 10.1. The molecule has 130 valence electrons. The number of carbonyl (C=O) groups is 1. The van der Waals surface area contributed by atoms with Crippen LogP contribution in [-0.4, -0.2) is 15.9 Å². The van der Waals surface area contributed by atoms with E-state index in [1.165, 1.54) is 0 Å². The minimum absolute atomic E-state index is 0.116. The SMILES string of the molecule is O=C(CCc1cc2c(cn1)[nH]c1ccccc12)Nc1ccc(Cl)cc1Cl. The van der Waals surface area contributed by atoms with E-state index in [2.05, 4.69) is 21.4 Å². The zero-order valence-corrected chi connectivity index (χ0v) is 15.2. The zero-order chi connectivity index (χ0) is 18.1. The number of halogens is 2. The summed E-state index contributed by atoms with van der Waals surface area (Å²) in [6, 6.07) is 15.2. The van der Waals surface area contributed by atoms with Crippen LogP contribution in [0.4, 0.5) is 5.69 Å². The molecule has 0 saturated carbocycles. The van der Waals surface area contributed by atoms with Crippen molar-refractivity contribution in [3.8, 4) is 0 Å². The van der Waals surface area contributed by atoms with Crippen molar-refractivity contribution in [2.75, 3.05) is 5.32 Å². The Morgan fingerprint density at radius 1 is 1.04 bits per heavy atom. The van der Waals surface area contributed by atoms with Gasteiger partial charge in [-0.05, 0) is 36.8 Å². The Balaban J connectivity index is 1.48. The number of nitrogens with one attached hydrogen (secondary N) is 2. The van der Waals surface area contributed by atoms with Gasteiger partial charge in [0.05, 0.1) is 22.4 Å². The number of hydrogen-bond donors (Lipinski definition) is 2. The molecule has 0 atom stereocenters. The molecule has 26 heavy (non-hydrogen) atoms. The van der Waals surface area contributed by atoms with Gasteiger partial charge < -0.3 is 10.3 Å². The molecule has 0 unspecified atom stereocenters. The van der Waals surface area contributed by atoms with E-state index in [1.54, 1.807) is 18.2 Å². The first-order valence-electron chi connectivity index (χ1n) is 8.20. The molecule has 0 bridgehead atoms. The molecule has 0 fully saturated rings. The van der Waals surface area contributed by atoms with Crippen molar-refractivity contribution in [1.29, 1.82) is 0 Å². The van der Waals surface area contributed by atoms with Crippen LogP contribution in [0.3, 0.4) is 0 Å². The van der Waals surface area contributed by atoms with E-state index in [-0.39, 0.29) is 5.91 Å². The van der Waals surface area contributed by atoms with E-state index >= 15 is 0 Å². The van der Waals surface area contributed by atoms with Gasteiger partial charge in [0.25, 0.3) is 0 Å². The lowest BCUT2D eigenvalue weighted by Crippen LogP contribution is -2.13. The molecular weight excluding hydrogens is 369 g/mol. The summed E-state index contributed by atoms with van der Waals surface area (Å²) in [6.45, 7) is 0. The first kappa shape index (κ1) is 16.9. The lowest BCUT2D eigenvalue weighted by molar-refractivity contribution is -0.116. The molecule has 4 aromatic rings. The van der Waals surface area contributed by atoms with Gasteiger partial charge in [0.1, 0.15) is 0 Å². The highest BCUT2D eigenvalue weighted by molar-refractivity contribution is 6.36. The average Bonchev–Trinajstić information content (AvgIpc) is 3.00. The van der Waals surface area contributed by atoms with Crippen LogP contribution in [0.15, 0.2) is 54.7 Å². The van der Waals surface area contributed by atoms with Crippen LogP contribution in [0.5, 0.6) is 0 Å². The number of H-pyrrole nitrogens is 1. The molecule has 0 aliphatic carbocycles. The van der Waals surface area contributed by atoms with Crippen LogP contribution in [0.2, 0.25) is 10.0 Å². The van der Waals surface area contributed by atoms with Crippen molar-refractivity contribution < 1.29 is 4.79 Å². The molecule has 6 heteroatoms. The topological polar surface area (TPSA) is 57.8 Å². The number of anilines is 1. The summed E-state index contributed by atoms with van der Waals surface area (Å²) >= 11 is 12.0. The highest BCUT2D eigenvalue weighted by Crippen LogP contribution is 2.26. The Labute approximate surface area is 160 Å².